The number of carbonyl (C=O) groups is 1. The van der Waals surface area contributed by atoms with Gasteiger partial charge in [0.1, 0.15) is 5.60 Å². The number of carbonyl (C=O) groups excluding carboxylic acids is 1. The van der Waals surface area contributed by atoms with Gasteiger partial charge in [-0.2, -0.15) is 0 Å². The summed E-state index contributed by atoms with van der Waals surface area (Å²) in [7, 11) is 0. The third-order valence-electron chi connectivity index (χ3n) is 5.15. The lowest BCUT2D eigenvalue weighted by Crippen LogP contribution is -2.50. The van der Waals surface area contributed by atoms with Crippen molar-refractivity contribution in [3.63, 3.8) is 0 Å². The van der Waals surface area contributed by atoms with Gasteiger partial charge in [-0.15, -0.1) is 0 Å². The SMILES string of the molecule is C=C(C)CC1(CC2CC2)CCN([C@@H](C)c2ccc(Br)cc2)C(=O)O1. The van der Waals surface area contributed by atoms with Crippen LogP contribution in [0.25, 0.3) is 0 Å². The second-order valence-electron chi connectivity index (χ2n) is 7.50. The summed E-state index contributed by atoms with van der Waals surface area (Å²) >= 11 is 3.46. The van der Waals surface area contributed by atoms with Crippen LogP contribution in [0.2, 0.25) is 0 Å². The normalized spacial score (nSPS) is 25.3. The Morgan fingerprint density at radius 3 is 2.62 bits per heavy atom. The van der Waals surface area contributed by atoms with E-state index in [1.807, 2.05) is 24.0 Å². The maximum absolute atomic E-state index is 12.7. The van der Waals surface area contributed by atoms with E-state index >= 15 is 0 Å². The molecule has 0 radical (unpaired) electrons. The molecule has 1 unspecified atom stereocenters. The fourth-order valence-corrected chi connectivity index (χ4v) is 3.99. The molecule has 1 saturated heterocycles. The fraction of sp³-hybridized carbons (Fsp3) is 0.550. The van der Waals surface area contributed by atoms with Crippen LogP contribution < -0.4 is 0 Å². The third-order valence-corrected chi connectivity index (χ3v) is 5.68. The summed E-state index contributed by atoms with van der Waals surface area (Å²) in [5.74, 6) is 0.729. The predicted octanol–water partition coefficient (Wildman–Crippen LogP) is 5.86. The lowest BCUT2D eigenvalue weighted by molar-refractivity contribution is -0.0632. The Balaban J connectivity index is 1.72. The van der Waals surface area contributed by atoms with E-state index in [4.69, 9.17) is 4.74 Å². The number of nitrogens with zero attached hydrogens (tertiary/aromatic N) is 1. The van der Waals surface area contributed by atoms with Crippen molar-refractivity contribution in [3.8, 4) is 0 Å². The molecule has 2 aliphatic rings. The molecular formula is C20H26BrNO2. The van der Waals surface area contributed by atoms with Crippen LogP contribution in [0, 0.1) is 5.92 Å². The van der Waals surface area contributed by atoms with Crippen molar-refractivity contribution >= 4 is 22.0 Å². The van der Waals surface area contributed by atoms with Gasteiger partial charge in [0.25, 0.3) is 0 Å². The summed E-state index contributed by atoms with van der Waals surface area (Å²) in [5, 5.41) is 0. The monoisotopic (exact) mass is 391 g/mol. The number of amides is 1. The zero-order valence-corrected chi connectivity index (χ0v) is 16.1. The number of hydrogen-bond acceptors (Lipinski definition) is 2. The third kappa shape index (κ3) is 4.02. The molecule has 0 aromatic heterocycles. The molecule has 0 N–H and O–H groups in total. The topological polar surface area (TPSA) is 29.5 Å². The Bertz CT molecular complexity index is 623. The molecule has 0 bridgehead atoms. The molecule has 130 valence electrons. The van der Waals surface area contributed by atoms with Crippen molar-refractivity contribution in [2.75, 3.05) is 6.54 Å². The molecule has 0 spiro atoms. The Morgan fingerprint density at radius 2 is 2.08 bits per heavy atom. The van der Waals surface area contributed by atoms with E-state index in [2.05, 4.69) is 41.6 Å². The Hall–Kier alpha value is -1.29. The smallest absolute Gasteiger partial charge is 0.410 e. The molecule has 24 heavy (non-hydrogen) atoms. The van der Waals surface area contributed by atoms with E-state index in [1.54, 1.807) is 0 Å². The van der Waals surface area contributed by atoms with Crippen LogP contribution in [0.5, 0.6) is 0 Å². The standard InChI is InChI=1S/C20H26BrNO2/c1-14(2)12-20(13-16-4-5-16)10-11-22(19(23)24-20)15(3)17-6-8-18(21)9-7-17/h6-9,15-16H,1,4-5,10-13H2,2-3H3/t15-,20?/m0/s1. The van der Waals surface area contributed by atoms with Crippen molar-refractivity contribution in [2.45, 2.75) is 57.6 Å². The van der Waals surface area contributed by atoms with E-state index in [-0.39, 0.29) is 17.7 Å². The van der Waals surface area contributed by atoms with Gasteiger partial charge in [0.15, 0.2) is 0 Å². The van der Waals surface area contributed by atoms with E-state index in [0.717, 1.165) is 47.3 Å². The first-order valence-corrected chi connectivity index (χ1v) is 9.57. The first-order valence-electron chi connectivity index (χ1n) is 8.78. The summed E-state index contributed by atoms with van der Waals surface area (Å²) in [6.07, 6.45) is 5.03. The molecule has 1 aromatic rings. The zero-order valence-electron chi connectivity index (χ0n) is 14.6. The van der Waals surface area contributed by atoms with Crippen molar-refractivity contribution in [2.24, 2.45) is 5.92 Å². The molecular weight excluding hydrogens is 366 g/mol. The molecule has 1 aromatic carbocycles. The highest BCUT2D eigenvalue weighted by Gasteiger charge is 2.45. The van der Waals surface area contributed by atoms with E-state index in [9.17, 15) is 4.79 Å². The fourth-order valence-electron chi connectivity index (χ4n) is 3.72. The van der Waals surface area contributed by atoms with Crippen LogP contribution in [0.4, 0.5) is 4.79 Å². The molecule has 2 atom stereocenters. The molecule has 4 heteroatoms. The van der Waals surface area contributed by atoms with Gasteiger partial charge >= 0.3 is 6.09 Å². The van der Waals surface area contributed by atoms with Gasteiger partial charge in [-0.1, -0.05) is 53.1 Å². The predicted molar refractivity (Wildman–Crippen MR) is 99.9 cm³/mol. The van der Waals surface area contributed by atoms with Gasteiger partial charge in [0.2, 0.25) is 0 Å². The molecule has 1 aliphatic heterocycles. The van der Waals surface area contributed by atoms with Crippen molar-refractivity contribution in [1.29, 1.82) is 0 Å². The highest BCUT2D eigenvalue weighted by atomic mass is 79.9. The van der Waals surface area contributed by atoms with Gasteiger partial charge < -0.3 is 9.64 Å². The van der Waals surface area contributed by atoms with Crippen LogP contribution in [0.3, 0.4) is 0 Å². The van der Waals surface area contributed by atoms with Gasteiger partial charge in [-0.3, -0.25) is 0 Å². The molecule has 1 heterocycles. The summed E-state index contributed by atoms with van der Waals surface area (Å²) < 4.78 is 7.08. The van der Waals surface area contributed by atoms with Crippen LogP contribution in [-0.4, -0.2) is 23.1 Å². The minimum absolute atomic E-state index is 0.0225. The first-order chi connectivity index (χ1) is 11.4. The van der Waals surface area contributed by atoms with Crippen molar-refractivity contribution in [1.82, 2.24) is 4.90 Å². The molecule has 3 rings (SSSR count). The van der Waals surface area contributed by atoms with Crippen LogP contribution in [-0.2, 0) is 4.74 Å². The molecule has 1 saturated carbocycles. The van der Waals surface area contributed by atoms with Crippen molar-refractivity contribution < 1.29 is 9.53 Å². The van der Waals surface area contributed by atoms with Gasteiger partial charge in [0.05, 0.1) is 6.04 Å². The Kier molecular flexibility index (Phi) is 5.05. The van der Waals surface area contributed by atoms with Gasteiger partial charge in [0, 0.05) is 23.9 Å². The summed E-state index contributed by atoms with van der Waals surface area (Å²) in [6.45, 7) is 8.89. The van der Waals surface area contributed by atoms with E-state index < -0.39 is 0 Å². The first kappa shape index (κ1) is 17.5. The van der Waals surface area contributed by atoms with E-state index in [1.165, 1.54) is 12.8 Å². The zero-order chi connectivity index (χ0) is 17.3. The summed E-state index contributed by atoms with van der Waals surface area (Å²) in [4.78, 5) is 14.6. The minimum atomic E-state index is -0.333. The highest BCUT2D eigenvalue weighted by Crippen LogP contribution is 2.44. The number of hydrogen-bond donors (Lipinski definition) is 0. The maximum Gasteiger partial charge on any atom is 0.410 e. The maximum atomic E-state index is 12.7. The molecule has 1 aliphatic carbocycles. The number of ether oxygens (including phenoxy) is 1. The second-order valence-corrected chi connectivity index (χ2v) is 8.42. The van der Waals surface area contributed by atoms with Crippen LogP contribution >= 0.6 is 15.9 Å². The summed E-state index contributed by atoms with van der Waals surface area (Å²) in [5.41, 5.74) is 1.89. The Labute approximate surface area is 153 Å². The largest absolute Gasteiger partial charge is 0.442 e. The van der Waals surface area contributed by atoms with Gasteiger partial charge in [-0.05, 0) is 43.9 Å². The number of rotatable bonds is 6. The minimum Gasteiger partial charge on any atom is -0.442 e. The average molecular weight is 392 g/mol. The molecule has 3 nitrogen and oxygen atoms in total. The van der Waals surface area contributed by atoms with Crippen molar-refractivity contribution in [3.05, 3.63) is 46.5 Å². The molecule has 2 fully saturated rings. The number of cyclic esters (lactones) is 1. The molecule has 1 amide bonds. The lowest BCUT2D eigenvalue weighted by Gasteiger charge is -2.43. The number of benzene rings is 1. The number of halogens is 1. The highest BCUT2D eigenvalue weighted by molar-refractivity contribution is 9.10. The quantitative estimate of drug-likeness (QED) is 0.568. The summed E-state index contributed by atoms with van der Waals surface area (Å²) in [6, 6.07) is 8.16. The lowest BCUT2D eigenvalue weighted by atomic mass is 9.85. The Morgan fingerprint density at radius 1 is 1.42 bits per heavy atom. The average Bonchev–Trinajstić information content (AvgIpc) is 3.30. The van der Waals surface area contributed by atoms with Crippen LogP contribution in [0.15, 0.2) is 40.9 Å². The van der Waals surface area contributed by atoms with Crippen LogP contribution in [0.1, 0.15) is 57.6 Å². The van der Waals surface area contributed by atoms with E-state index in [0.29, 0.717) is 0 Å². The van der Waals surface area contributed by atoms with Gasteiger partial charge in [-0.25, -0.2) is 4.79 Å². The second kappa shape index (κ2) is 6.91.